The summed E-state index contributed by atoms with van der Waals surface area (Å²) < 4.78 is 2.05. The first-order valence-corrected chi connectivity index (χ1v) is 30.2. The van der Waals surface area contributed by atoms with E-state index in [1.165, 1.54) is 46.8 Å². The van der Waals surface area contributed by atoms with Gasteiger partial charge in [-0.1, -0.05) is 38.5 Å². The maximum atomic E-state index is 5.57. The maximum absolute atomic E-state index is 5.57. The molecule has 0 aromatic heterocycles. The Labute approximate surface area is 304 Å². The second-order valence-electron chi connectivity index (χ2n) is 16.5. The third-order valence-corrected chi connectivity index (χ3v) is 24.7. The van der Waals surface area contributed by atoms with Crippen molar-refractivity contribution in [2.24, 2.45) is 0 Å². The zero-order valence-electron chi connectivity index (χ0n) is 30.5. The summed E-state index contributed by atoms with van der Waals surface area (Å²) in [7, 11) is 11.0. The van der Waals surface area contributed by atoms with Crippen LogP contribution in [0.3, 0.4) is 0 Å². The summed E-state index contributed by atoms with van der Waals surface area (Å²) in [6.07, 6.45) is 51.1. The van der Waals surface area contributed by atoms with Gasteiger partial charge >= 0.3 is 63.7 Å². The van der Waals surface area contributed by atoms with Crippen LogP contribution in [0.4, 0.5) is 0 Å². The number of halogens is 2. The van der Waals surface area contributed by atoms with Crippen molar-refractivity contribution >= 4 is 39.8 Å². The topological polar surface area (TPSA) is 0 Å². The molecule has 5 heteroatoms. The monoisotopic (exact) mass is 804 g/mol. The fraction of sp³-hybridized carbons (Fsp3) is 0.976. The van der Waals surface area contributed by atoms with Gasteiger partial charge in [0.2, 0.25) is 0 Å². The molecule has 0 saturated heterocycles. The molecule has 0 aromatic rings. The molecule has 6 rings (SSSR count). The first-order valence-electron chi connectivity index (χ1n) is 21.2. The molecule has 0 N–H and O–H groups in total. The first-order chi connectivity index (χ1) is 22.7. The Kier molecular flexibility index (Phi) is 22.1. The van der Waals surface area contributed by atoms with Crippen LogP contribution in [0.5, 0.6) is 0 Å². The molecule has 0 amide bonds. The van der Waals surface area contributed by atoms with Gasteiger partial charge in [0.25, 0.3) is 0 Å². The Morgan fingerprint density at radius 2 is 0.630 bits per heavy atom. The van der Waals surface area contributed by atoms with Gasteiger partial charge < -0.3 is 0 Å². The molecule has 0 radical (unpaired) electrons. The summed E-state index contributed by atoms with van der Waals surface area (Å²) in [4.78, 5) is 0. The van der Waals surface area contributed by atoms with Crippen molar-refractivity contribution in [3.05, 3.63) is 0 Å². The van der Waals surface area contributed by atoms with Crippen LogP contribution >= 0.6 is 35.2 Å². The van der Waals surface area contributed by atoms with Crippen LogP contribution in [-0.4, -0.2) is 38.6 Å². The summed E-state index contributed by atoms with van der Waals surface area (Å²) in [6.45, 7) is 2.16. The minimum absolute atomic E-state index is 0.0465. The van der Waals surface area contributed by atoms with Crippen LogP contribution in [0, 0.1) is 0 Å². The SMILES string of the molecule is C1CCC([PH+](C2CCCCC2)C2CCCCC2)CC1.C1CCC([PH+](C2CCCCC2)C2CCCCC2)CC1.CCCC[CH]=[Ru]([Cl])[Cl]. The zero-order valence-corrected chi connectivity index (χ0v) is 35.7. The van der Waals surface area contributed by atoms with Gasteiger partial charge in [-0.25, -0.2) is 0 Å². The second kappa shape index (κ2) is 25.0. The van der Waals surface area contributed by atoms with Crippen LogP contribution in [0.25, 0.3) is 0 Å². The van der Waals surface area contributed by atoms with Crippen molar-refractivity contribution in [2.45, 2.75) is 253 Å². The van der Waals surface area contributed by atoms with E-state index in [2.05, 4.69) is 11.5 Å². The Morgan fingerprint density at radius 3 is 0.804 bits per heavy atom. The van der Waals surface area contributed by atoms with Crippen LogP contribution < -0.4 is 0 Å². The fourth-order valence-electron chi connectivity index (χ4n) is 11.0. The van der Waals surface area contributed by atoms with Crippen LogP contribution in [0.1, 0.15) is 219 Å². The van der Waals surface area contributed by atoms with Crippen molar-refractivity contribution < 1.29 is 13.5 Å². The van der Waals surface area contributed by atoms with Crippen molar-refractivity contribution in [3.8, 4) is 0 Å². The molecule has 272 valence electrons. The van der Waals surface area contributed by atoms with Gasteiger partial charge in [0.15, 0.2) is 0 Å². The Morgan fingerprint density at radius 1 is 0.413 bits per heavy atom. The van der Waals surface area contributed by atoms with E-state index in [9.17, 15) is 0 Å². The first kappa shape index (κ1) is 40.7. The molecule has 0 atom stereocenters. The molecule has 6 aliphatic rings. The van der Waals surface area contributed by atoms with Gasteiger partial charge in [-0.3, -0.25) is 0 Å². The third kappa shape index (κ3) is 14.9. The van der Waals surface area contributed by atoms with Gasteiger partial charge in [-0.2, -0.15) is 0 Å². The van der Waals surface area contributed by atoms with E-state index in [1.807, 2.05) is 0 Å². The van der Waals surface area contributed by atoms with Crippen LogP contribution in [0.2, 0.25) is 0 Å². The Balaban J connectivity index is 0.000000170. The molecular weight excluding hydrogens is 726 g/mol. The summed E-state index contributed by atoms with van der Waals surface area (Å²) in [5.74, 6) is 0. The molecule has 0 spiro atoms. The van der Waals surface area contributed by atoms with Gasteiger partial charge in [0.1, 0.15) is 0 Å². The van der Waals surface area contributed by atoms with Gasteiger partial charge in [0.05, 0.1) is 34.0 Å². The van der Waals surface area contributed by atoms with E-state index in [1.54, 1.807) is 193 Å². The fourth-order valence-corrected chi connectivity index (χ4v) is 23.1. The molecular formula is C41H78Cl2P2Ru+2. The quantitative estimate of drug-likeness (QED) is 0.124. The number of unbranched alkanes of at least 4 members (excludes halogenated alkanes) is 2. The van der Waals surface area contributed by atoms with Crippen LogP contribution in [0.15, 0.2) is 0 Å². The van der Waals surface area contributed by atoms with Crippen molar-refractivity contribution in [1.82, 2.24) is 0 Å². The summed E-state index contributed by atoms with van der Waals surface area (Å²) in [6, 6.07) is 0. The third-order valence-electron chi connectivity index (χ3n) is 13.2. The molecule has 0 aromatic carbocycles. The standard InChI is InChI=1S/2C18H33P.C5H10.2ClH.Ru/c2*1-4-10-16(11-5-1)19(17-12-6-2-7-13-17)18-14-8-3-9-15-18;1-3-5-4-2;;;/h2*16-18H,1-15H2;1H,3-5H2,2H3;2*1H;/q;;;;;+2. The number of rotatable bonds is 9. The number of hydrogen-bond donors (Lipinski definition) is 0. The normalized spacial score (nSPS) is 25.8. The van der Waals surface area contributed by atoms with E-state index in [-0.39, 0.29) is 15.8 Å². The van der Waals surface area contributed by atoms with E-state index < -0.39 is 13.5 Å². The number of hydrogen-bond acceptors (Lipinski definition) is 0. The molecule has 6 saturated carbocycles. The summed E-state index contributed by atoms with van der Waals surface area (Å²) >= 11 is -1.42. The molecule has 6 aliphatic carbocycles. The molecule has 0 bridgehead atoms. The van der Waals surface area contributed by atoms with Crippen molar-refractivity contribution in [3.63, 3.8) is 0 Å². The van der Waals surface area contributed by atoms with Crippen LogP contribution in [-0.2, 0) is 13.5 Å². The van der Waals surface area contributed by atoms with Crippen molar-refractivity contribution in [2.75, 3.05) is 0 Å². The molecule has 0 aliphatic heterocycles. The molecule has 0 heterocycles. The van der Waals surface area contributed by atoms with E-state index in [4.69, 9.17) is 19.4 Å². The predicted octanol–water partition coefficient (Wildman–Crippen LogP) is 15.3. The van der Waals surface area contributed by atoms with E-state index >= 15 is 0 Å². The predicted molar refractivity (Wildman–Crippen MR) is 215 cm³/mol. The molecule has 0 unspecified atom stereocenters. The van der Waals surface area contributed by atoms with Crippen molar-refractivity contribution in [1.29, 1.82) is 0 Å². The Hall–Kier alpha value is 1.93. The Bertz CT molecular complexity index is 628. The molecule has 46 heavy (non-hydrogen) atoms. The van der Waals surface area contributed by atoms with Gasteiger partial charge in [0, 0.05) is 15.8 Å². The second-order valence-corrected chi connectivity index (χ2v) is 29.3. The van der Waals surface area contributed by atoms with Gasteiger partial charge in [-0.15, -0.1) is 0 Å². The zero-order chi connectivity index (χ0) is 32.2. The molecule has 6 fully saturated rings. The van der Waals surface area contributed by atoms with E-state index in [0.717, 1.165) is 6.42 Å². The summed E-state index contributed by atoms with van der Waals surface area (Å²) in [5, 5.41) is 0. The van der Waals surface area contributed by atoms with Gasteiger partial charge in [-0.05, 0) is 154 Å². The molecule has 0 nitrogen and oxygen atoms in total. The minimum atomic E-state index is -1.42. The van der Waals surface area contributed by atoms with E-state index in [0.29, 0.717) is 0 Å². The average Bonchev–Trinajstić information content (AvgIpc) is 3.12. The average molecular weight is 805 g/mol. The summed E-state index contributed by atoms with van der Waals surface area (Å²) in [5.41, 5.74) is 7.36.